The minimum atomic E-state index is -6.50. The summed E-state index contributed by atoms with van der Waals surface area (Å²) in [5.74, 6) is -18.5. The lowest BCUT2D eigenvalue weighted by Gasteiger charge is -2.41. The summed E-state index contributed by atoms with van der Waals surface area (Å²) in [6.07, 6.45) is -9.20. The lowest BCUT2D eigenvalue weighted by atomic mass is 9.83. The molecule has 0 spiro atoms. The molecule has 3 unspecified atom stereocenters. The van der Waals surface area contributed by atoms with Crippen molar-refractivity contribution < 1.29 is 53.2 Å². The van der Waals surface area contributed by atoms with E-state index in [-0.39, 0.29) is 25.2 Å². The number of halogens is 8. The largest absolute Gasteiger partial charge is 0.437 e. The second-order valence-corrected chi connectivity index (χ2v) is 24.4. The molecule has 1 rings (SSSR count). The third-order valence-corrected chi connectivity index (χ3v) is 15.1. The van der Waals surface area contributed by atoms with E-state index in [0.29, 0.717) is 12.5 Å². The van der Waals surface area contributed by atoms with Crippen LogP contribution in [0, 0.1) is 5.92 Å². The molecule has 3 atom stereocenters. The van der Waals surface area contributed by atoms with Gasteiger partial charge in [0, 0.05) is 6.92 Å². The Morgan fingerprint density at radius 1 is 0.771 bits per heavy atom. The van der Waals surface area contributed by atoms with E-state index in [2.05, 4.69) is 4.74 Å². The van der Waals surface area contributed by atoms with Gasteiger partial charge in [0.25, 0.3) is 0 Å². The lowest BCUT2D eigenvalue weighted by Crippen LogP contribution is -2.63. The molecule has 35 heavy (non-hydrogen) atoms. The highest BCUT2D eigenvalue weighted by atomic mass is 28.5. The summed E-state index contributed by atoms with van der Waals surface area (Å²) < 4.78 is 125. The third-order valence-electron chi connectivity index (χ3n) is 5.52. The molecule has 0 bridgehead atoms. The normalized spacial score (nSPS) is 24.1. The zero-order valence-corrected chi connectivity index (χ0v) is 24.5. The summed E-state index contributed by atoms with van der Waals surface area (Å²) in [6.45, 7) is 13.6. The Balaban J connectivity index is 2.86. The number of aliphatic hydroxyl groups is 1. The van der Waals surface area contributed by atoms with E-state index in [4.69, 9.17) is 8.23 Å². The van der Waals surface area contributed by atoms with E-state index in [1.54, 1.807) is 0 Å². The fourth-order valence-electron chi connectivity index (χ4n) is 4.21. The maximum atomic E-state index is 14.0. The molecule has 0 aromatic carbocycles. The maximum absolute atomic E-state index is 14.0. The fraction of sp³-hybridized carbons (Fsp3) is 1.00. The first kappa shape index (κ1) is 33.0. The van der Waals surface area contributed by atoms with Crippen molar-refractivity contribution in [3.63, 3.8) is 0 Å². The van der Waals surface area contributed by atoms with E-state index in [9.17, 15) is 40.2 Å². The molecule has 0 saturated heterocycles. The van der Waals surface area contributed by atoms with Crippen LogP contribution in [0.2, 0.25) is 51.9 Å². The Morgan fingerprint density at radius 3 is 1.60 bits per heavy atom. The molecule has 1 N–H and O–H groups in total. The summed E-state index contributed by atoms with van der Waals surface area (Å²) in [4.78, 5) is 0. The van der Waals surface area contributed by atoms with Crippen molar-refractivity contribution in [2.24, 2.45) is 5.92 Å². The molecule has 1 saturated carbocycles. The van der Waals surface area contributed by atoms with Crippen LogP contribution in [0.4, 0.5) is 35.1 Å². The molecule has 0 radical (unpaired) electrons. The Bertz CT molecular complexity index is 692. The molecular weight excluding hydrogens is 540 g/mol. The summed E-state index contributed by atoms with van der Waals surface area (Å²) >= 11 is 0. The van der Waals surface area contributed by atoms with Gasteiger partial charge in [0.05, 0.1) is 12.2 Å². The molecule has 0 aromatic heterocycles. The second-order valence-electron chi connectivity index (χ2n) is 11.6. The average Bonchev–Trinajstić information content (AvgIpc) is 2.57. The van der Waals surface area contributed by atoms with Gasteiger partial charge in [-0.25, -0.2) is 0 Å². The van der Waals surface area contributed by atoms with Crippen LogP contribution in [0.25, 0.3) is 0 Å². The van der Waals surface area contributed by atoms with Crippen LogP contribution < -0.4 is 0 Å². The van der Waals surface area contributed by atoms with Crippen LogP contribution in [0.5, 0.6) is 0 Å². The number of hydrogen-bond acceptors (Lipinski definition) is 4. The van der Waals surface area contributed by atoms with Gasteiger partial charge in [-0.05, 0) is 83.5 Å². The molecule has 0 aliphatic heterocycles. The van der Waals surface area contributed by atoms with Crippen molar-refractivity contribution in [1.29, 1.82) is 0 Å². The Kier molecular flexibility index (Phi) is 9.98. The number of hydrogen-bond donors (Lipinski definition) is 1. The Labute approximate surface area is 205 Å². The van der Waals surface area contributed by atoms with Gasteiger partial charge in [0.15, 0.2) is 16.6 Å². The van der Waals surface area contributed by atoms with Crippen molar-refractivity contribution in [2.75, 3.05) is 0 Å². The highest BCUT2D eigenvalue weighted by molar-refractivity contribution is 6.87. The summed E-state index contributed by atoms with van der Waals surface area (Å²) in [5.41, 5.74) is 0. The first-order chi connectivity index (χ1) is 15.2. The van der Waals surface area contributed by atoms with Crippen LogP contribution in [0.15, 0.2) is 0 Å². The molecule has 15 heteroatoms. The lowest BCUT2D eigenvalue weighted by molar-refractivity contribution is -0.436. The monoisotopic (exact) mass is 578 g/mol. The Morgan fingerprint density at radius 2 is 1.23 bits per heavy atom. The maximum Gasteiger partial charge on any atom is 0.426 e. The van der Waals surface area contributed by atoms with Crippen molar-refractivity contribution in [1.82, 2.24) is 0 Å². The molecule has 0 amide bonds. The SMILES string of the molecule is CC(F)(F)C(F)(F)C(F)(F)C(F)(F)OC1CCC(CC[Si](C)(O[Si](C)(C)C)O[Si](C)(C)C)CC1O. The average molecular weight is 579 g/mol. The minimum Gasteiger partial charge on any atom is -0.437 e. The summed E-state index contributed by atoms with van der Waals surface area (Å²) in [7, 11) is -6.52. The number of rotatable bonds is 12. The quantitative estimate of drug-likeness (QED) is 0.196. The second kappa shape index (κ2) is 10.6. The van der Waals surface area contributed by atoms with Gasteiger partial charge in [-0.1, -0.05) is 0 Å². The van der Waals surface area contributed by atoms with Crippen molar-refractivity contribution in [2.45, 2.75) is 121 Å². The van der Waals surface area contributed by atoms with E-state index in [1.807, 2.05) is 45.8 Å². The van der Waals surface area contributed by atoms with Crippen molar-refractivity contribution >= 4 is 25.2 Å². The standard InChI is InChI=1S/C20H38F8O4Si3/c1-17(21,22)18(23,24)19(25,26)20(27,28)30-16-10-9-14(13-15(16)29)11-12-35(8,31-33(2,3)4)32-34(5,6)7/h14-16,29H,9-13H2,1-8H3. The van der Waals surface area contributed by atoms with Gasteiger partial charge >= 0.3 is 32.4 Å². The van der Waals surface area contributed by atoms with Gasteiger partial charge in [-0.2, -0.15) is 35.1 Å². The van der Waals surface area contributed by atoms with Gasteiger partial charge in [0.2, 0.25) is 0 Å². The van der Waals surface area contributed by atoms with E-state index in [0.717, 1.165) is 0 Å². The molecule has 210 valence electrons. The zero-order chi connectivity index (χ0) is 27.9. The van der Waals surface area contributed by atoms with Gasteiger partial charge in [-0.3, -0.25) is 0 Å². The number of alkyl halides is 8. The predicted octanol–water partition coefficient (Wildman–Crippen LogP) is 7.22. The highest BCUT2D eigenvalue weighted by Crippen LogP contribution is 2.53. The van der Waals surface area contributed by atoms with E-state index >= 15 is 0 Å². The van der Waals surface area contributed by atoms with E-state index < -0.39 is 68.2 Å². The van der Waals surface area contributed by atoms with Gasteiger partial charge in [-0.15, -0.1) is 0 Å². The summed E-state index contributed by atoms with van der Waals surface area (Å²) in [6, 6.07) is 0.566. The number of aliphatic hydroxyl groups excluding tert-OH is 1. The molecule has 0 heterocycles. The van der Waals surface area contributed by atoms with Crippen LogP contribution in [0.3, 0.4) is 0 Å². The third kappa shape index (κ3) is 8.74. The summed E-state index contributed by atoms with van der Waals surface area (Å²) in [5, 5.41) is 10.3. The number of ether oxygens (including phenoxy) is 1. The van der Waals surface area contributed by atoms with Crippen molar-refractivity contribution in [3.8, 4) is 0 Å². The van der Waals surface area contributed by atoms with Crippen molar-refractivity contribution in [3.05, 3.63) is 0 Å². The fourth-order valence-corrected chi connectivity index (χ4v) is 16.9. The zero-order valence-electron chi connectivity index (χ0n) is 21.5. The molecule has 0 aromatic rings. The topological polar surface area (TPSA) is 47.9 Å². The van der Waals surface area contributed by atoms with Crippen LogP contribution in [0.1, 0.15) is 32.6 Å². The minimum absolute atomic E-state index is 0.100. The van der Waals surface area contributed by atoms with E-state index in [1.165, 1.54) is 0 Å². The molecule has 1 aliphatic carbocycles. The molecular formula is C20H38F8O4Si3. The predicted molar refractivity (Wildman–Crippen MR) is 124 cm³/mol. The van der Waals surface area contributed by atoms with Gasteiger partial charge < -0.3 is 18.1 Å². The first-order valence-corrected chi connectivity index (χ1v) is 20.8. The molecule has 1 aliphatic rings. The first-order valence-electron chi connectivity index (χ1n) is 11.5. The van der Waals surface area contributed by atoms with Crippen LogP contribution in [-0.4, -0.2) is 66.4 Å². The molecule has 1 fully saturated rings. The van der Waals surface area contributed by atoms with Crippen LogP contribution >= 0.6 is 0 Å². The Hall–Kier alpha value is -0.0694. The smallest absolute Gasteiger partial charge is 0.426 e. The van der Waals surface area contributed by atoms with Crippen LogP contribution in [-0.2, 0) is 13.0 Å². The van der Waals surface area contributed by atoms with Gasteiger partial charge in [0.1, 0.15) is 0 Å². The molecule has 4 nitrogen and oxygen atoms in total. The highest BCUT2D eigenvalue weighted by Gasteiger charge is 2.80.